The second-order valence-corrected chi connectivity index (χ2v) is 2.39. The fourth-order valence-corrected chi connectivity index (χ4v) is 0.939. The first kappa shape index (κ1) is 15.3. The summed E-state index contributed by atoms with van der Waals surface area (Å²) in [7, 11) is 0. The molecule has 78 valence electrons. The quantitative estimate of drug-likeness (QED) is 0.503. The van der Waals surface area contributed by atoms with Gasteiger partial charge in [-0.1, -0.05) is 0 Å². The molecule has 0 radical (unpaired) electrons. The molecule has 0 aliphatic rings. The number of benzene rings is 1. The molecule has 0 bridgehead atoms. The Kier molecular flexibility index (Phi) is 6.93. The minimum atomic E-state index is -0.0310. The van der Waals surface area contributed by atoms with Gasteiger partial charge in [0.15, 0.2) is 0 Å². The number of aromatic hydroxyl groups is 1. The van der Waals surface area contributed by atoms with Crippen molar-refractivity contribution in [1.29, 1.82) is 5.26 Å². The molecule has 0 fully saturated rings. The van der Waals surface area contributed by atoms with E-state index in [-0.39, 0.29) is 42.8 Å². The highest BCUT2D eigenvalue weighted by Gasteiger charge is 2.05. The van der Waals surface area contributed by atoms with E-state index in [0.29, 0.717) is 11.1 Å². The third kappa shape index (κ3) is 2.96. The molecule has 0 aliphatic heterocycles. The maximum Gasteiger partial charge on any atom is 0.143 e. The fraction of sp³-hybridized carbons (Fsp3) is 0.125. The zero-order valence-corrected chi connectivity index (χ0v) is 8.86. The summed E-state index contributed by atoms with van der Waals surface area (Å²) in [5, 5.41) is 17.8. The number of phenolic OH excluding ortho intramolecular Hbond substituents is 1. The van der Waals surface area contributed by atoms with E-state index in [9.17, 15) is 5.11 Å². The van der Waals surface area contributed by atoms with Crippen molar-refractivity contribution >= 4 is 30.5 Å². The van der Waals surface area contributed by atoms with Crippen LogP contribution in [-0.2, 0) is 6.54 Å². The number of rotatable bonds is 1. The smallest absolute Gasteiger partial charge is 0.143 e. The van der Waals surface area contributed by atoms with Crippen LogP contribution in [0.2, 0.25) is 0 Å². The largest absolute Gasteiger partial charge is 0.505 e. The molecule has 0 unspecified atom stereocenters. The topological polar surface area (TPSA) is 96.1 Å². The number of hydrogen-bond donors (Lipinski definition) is 3. The first-order chi connectivity index (χ1) is 5.69. The number of nitrogen functional groups attached to an aromatic ring is 1. The maximum absolute atomic E-state index is 9.30. The van der Waals surface area contributed by atoms with Gasteiger partial charge in [-0.3, -0.25) is 0 Å². The van der Waals surface area contributed by atoms with Crippen LogP contribution in [0.25, 0.3) is 0 Å². The van der Waals surface area contributed by atoms with Crippen LogP contribution in [0.1, 0.15) is 11.1 Å². The Hall–Kier alpha value is -1.15. The number of phenols is 1. The lowest BCUT2D eigenvalue weighted by Gasteiger charge is -2.04. The van der Waals surface area contributed by atoms with Gasteiger partial charge < -0.3 is 16.6 Å². The molecule has 14 heavy (non-hydrogen) atoms. The van der Waals surface area contributed by atoms with Crippen molar-refractivity contribution in [2.24, 2.45) is 5.73 Å². The van der Waals surface area contributed by atoms with Crippen LogP contribution in [0.4, 0.5) is 5.69 Å². The Morgan fingerprint density at radius 1 is 1.36 bits per heavy atom. The molecule has 1 rings (SSSR count). The summed E-state index contributed by atoms with van der Waals surface area (Å²) in [6.07, 6.45) is 0. The normalized spacial score (nSPS) is 8.00. The van der Waals surface area contributed by atoms with E-state index in [0.717, 1.165) is 0 Å². The predicted octanol–water partition coefficient (Wildman–Crippen LogP) is 1.15. The summed E-state index contributed by atoms with van der Waals surface area (Å²) in [6.45, 7) is 0.172. The van der Waals surface area contributed by atoms with Gasteiger partial charge in [0.2, 0.25) is 0 Å². The molecule has 6 heteroatoms. The van der Waals surface area contributed by atoms with Gasteiger partial charge in [0.05, 0.1) is 17.3 Å². The number of nitrogens with two attached hydrogens (primary N) is 2. The molecule has 0 spiro atoms. The van der Waals surface area contributed by atoms with Crippen molar-refractivity contribution in [1.82, 2.24) is 0 Å². The summed E-state index contributed by atoms with van der Waals surface area (Å²) in [4.78, 5) is 0. The van der Waals surface area contributed by atoms with Crippen LogP contribution < -0.4 is 11.5 Å². The van der Waals surface area contributed by atoms with E-state index in [2.05, 4.69) is 0 Å². The van der Waals surface area contributed by atoms with E-state index >= 15 is 0 Å². The molecule has 0 amide bonds. The lowest BCUT2D eigenvalue weighted by molar-refractivity contribution is 0.471. The van der Waals surface area contributed by atoms with Crippen molar-refractivity contribution < 1.29 is 5.11 Å². The number of halogens is 2. The highest BCUT2D eigenvalue weighted by Crippen LogP contribution is 2.25. The minimum absolute atomic E-state index is 0. The van der Waals surface area contributed by atoms with Crippen LogP contribution in [0.5, 0.6) is 5.75 Å². The van der Waals surface area contributed by atoms with Gasteiger partial charge in [0.1, 0.15) is 5.75 Å². The van der Waals surface area contributed by atoms with Crippen molar-refractivity contribution in [2.75, 3.05) is 5.73 Å². The van der Waals surface area contributed by atoms with Crippen molar-refractivity contribution in [3.05, 3.63) is 23.3 Å². The standard InChI is InChI=1S/C8H9N3O.2ClH/c9-3-5-1-6(4-10)8(12)7(11)2-5;;/h1-2,12H,4,10-11H2;2*1H. The van der Waals surface area contributed by atoms with Gasteiger partial charge in [-0.05, 0) is 12.1 Å². The highest BCUT2D eigenvalue weighted by molar-refractivity contribution is 5.85. The average molecular weight is 236 g/mol. The predicted molar refractivity (Wildman–Crippen MR) is 59.6 cm³/mol. The van der Waals surface area contributed by atoms with Gasteiger partial charge >= 0.3 is 0 Å². The first-order valence-corrected chi connectivity index (χ1v) is 3.40. The van der Waals surface area contributed by atoms with Gasteiger partial charge in [0, 0.05) is 12.1 Å². The molecule has 0 saturated carbocycles. The number of nitrogens with zero attached hydrogens (tertiary/aromatic N) is 1. The zero-order valence-electron chi connectivity index (χ0n) is 7.23. The molecule has 0 heterocycles. The Labute approximate surface area is 94.3 Å². The van der Waals surface area contributed by atoms with E-state index in [4.69, 9.17) is 16.7 Å². The van der Waals surface area contributed by atoms with Crippen LogP contribution in [-0.4, -0.2) is 5.11 Å². The van der Waals surface area contributed by atoms with E-state index < -0.39 is 0 Å². The molecule has 1 aromatic carbocycles. The van der Waals surface area contributed by atoms with Gasteiger partial charge in [0.25, 0.3) is 0 Å². The summed E-state index contributed by atoms with van der Waals surface area (Å²) in [6, 6.07) is 4.85. The van der Waals surface area contributed by atoms with Crippen molar-refractivity contribution in [3.63, 3.8) is 0 Å². The molecular formula is C8H11Cl2N3O. The van der Waals surface area contributed by atoms with Gasteiger partial charge in [-0.15, -0.1) is 24.8 Å². The third-order valence-electron chi connectivity index (χ3n) is 1.57. The van der Waals surface area contributed by atoms with Crippen LogP contribution in [0, 0.1) is 11.3 Å². The van der Waals surface area contributed by atoms with Crippen molar-refractivity contribution in [2.45, 2.75) is 6.54 Å². The van der Waals surface area contributed by atoms with E-state index in [1.165, 1.54) is 12.1 Å². The monoisotopic (exact) mass is 235 g/mol. The Morgan fingerprint density at radius 2 is 1.93 bits per heavy atom. The lowest BCUT2D eigenvalue weighted by Crippen LogP contribution is -1.99. The summed E-state index contributed by atoms with van der Waals surface area (Å²) >= 11 is 0. The van der Waals surface area contributed by atoms with Gasteiger partial charge in [-0.25, -0.2) is 0 Å². The molecular weight excluding hydrogens is 225 g/mol. The van der Waals surface area contributed by atoms with Gasteiger partial charge in [-0.2, -0.15) is 5.26 Å². The minimum Gasteiger partial charge on any atom is -0.505 e. The number of nitriles is 1. The Morgan fingerprint density at radius 3 is 2.36 bits per heavy atom. The SMILES string of the molecule is Cl.Cl.N#Cc1cc(N)c(O)c(CN)c1. The molecule has 0 aliphatic carbocycles. The Bertz CT molecular complexity index is 349. The van der Waals surface area contributed by atoms with E-state index in [1.54, 1.807) is 0 Å². The fourth-order valence-electron chi connectivity index (χ4n) is 0.939. The van der Waals surface area contributed by atoms with Crippen LogP contribution >= 0.6 is 24.8 Å². The van der Waals surface area contributed by atoms with Crippen molar-refractivity contribution in [3.8, 4) is 11.8 Å². The molecule has 0 atom stereocenters. The molecule has 5 N–H and O–H groups in total. The van der Waals surface area contributed by atoms with Crippen LogP contribution in [0.15, 0.2) is 12.1 Å². The molecule has 0 aromatic heterocycles. The maximum atomic E-state index is 9.30. The number of anilines is 1. The number of hydrogen-bond acceptors (Lipinski definition) is 4. The molecule has 4 nitrogen and oxygen atoms in total. The third-order valence-corrected chi connectivity index (χ3v) is 1.57. The molecule has 0 saturated heterocycles. The summed E-state index contributed by atoms with van der Waals surface area (Å²) in [5.41, 5.74) is 11.8. The average Bonchev–Trinajstić information content (AvgIpc) is 2.09. The second kappa shape index (κ2) is 6.33. The first-order valence-electron chi connectivity index (χ1n) is 3.40. The highest BCUT2D eigenvalue weighted by atomic mass is 35.5. The lowest BCUT2D eigenvalue weighted by atomic mass is 10.1. The van der Waals surface area contributed by atoms with Crippen LogP contribution in [0.3, 0.4) is 0 Å². The second-order valence-electron chi connectivity index (χ2n) is 2.39. The zero-order chi connectivity index (χ0) is 9.14. The van der Waals surface area contributed by atoms with E-state index in [1.807, 2.05) is 6.07 Å². The summed E-state index contributed by atoms with van der Waals surface area (Å²) in [5.74, 6) is -0.0310. The summed E-state index contributed by atoms with van der Waals surface area (Å²) < 4.78 is 0. The Balaban J connectivity index is 0. The molecule has 1 aromatic rings.